The molecule has 2 heterocycles. The molecule has 0 bridgehead atoms. The quantitative estimate of drug-likeness (QED) is 0.628. The number of nitrogens with zero attached hydrogens (tertiary/aromatic N) is 2. The van der Waals surface area contributed by atoms with Crippen LogP contribution in [0.4, 0.5) is 0 Å². The van der Waals surface area contributed by atoms with Crippen LogP contribution in [0.25, 0.3) is 11.1 Å². The van der Waals surface area contributed by atoms with Gasteiger partial charge in [-0.05, 0) is 61.2 Å². The van der Waals surface area contributed by atoms with Crippen LogP contribution in [0.3, 0.4) is 0 Å². The molecule has 2 aromatic carbocycles. The van der Waals surface area contributed by atoms with Gasteiger partial charge >= 0.3 is 0 Å². The van der Waals surface area contributed by atoms with Crippen molar-refractivity contribution in [2.24, 2.45) is 7.05 Å². The first-order chi connectivity index (χ1) is 14.5. The first-order valence-corrected chi connectivity index (χ1v) is 10.8. The summed E-state index contributed by atoms with van der Waals surface area (Å²) in [4.78, 5) is 13.2. The van der Waals surface area contributed by atoms with Crippen molar-refractivity contribution in [3.63, 3.8) is 0 Å². The van der Waals surface area contributed by atoms with E-state index in [0.717, 1.165) is 41.6 Å². The molecule has 1 aliphatic heterocycles. The number of carbonyl (C=O) groups is 1. The van der Waals surface area contributed by atoms with Gasteiger partial charge in [0.1, 0.15) is 0 Å². The van der Waals surface area contributed by atoms with Crippen molar-refractivity contribution in [2.75, 3.05) is 6.54 Å². The number of nitrogens with one attached hydrogen (secondary N) is 2. The molecule has 2 N–H and O–H groups in total. The summed E-state index contributed by atoms with van der Waals surface area (Å²) in [5.74, 6) is -0.0980. The number of hydrogen-bond acceptors (Lipinski definition) is 3. The molecule has 30 heavy (non-hydrogen) atoms. The molecule has 1 aromatic heterocycles. The third-order valence-electron chi connectivity index (χ3n) is 5.83. The molecule has 0 saturated carbocycles. The fourth-order valence-electron chi connectivity index (χ4n) is 4.13. The molecule has 0 unspecified atom stereocenters. The third-order valence-corrected chi connectivity index (χ3v) is 6.24. The van der Waals surface area contributed by atoms with E-state index in [1.165, 1.54) is 6.42 Å². The minimum Gasteiger partial charge on any atom is -0.344 e. The summed E-state index contributed by atoms with van der Waals surface area (Å²) in [6.07, 6.45) is 7.21. The normalized spacial score (nSPS) is 17.5. The van der Waals surface area contributed by atoms with Crippen LogP contribution in [0, 0.1) is 6.92 Å². The largest absolute Gasteiger partial charge is 0.344 e. The summed E-state index contributed by atoms with van der Waals surface area (Å²) in [5, 5.41) is 11.8. The summed E-state index contributed by atoms with van der Waals surface area (Å²) < 4.78 is 1.80. The second kappa shape index (κ2) is 9.02. The maximum atomic E-state index is 13.2. The molecule has 0 aliphatic carbocycles. The molecule has 1 fully saturated rings. The van der Waals surface area contributed by atoms with Gasteiger partial charge in [-0.2, -0.15) is 5.10 Å². The van der Waals surface area contributed by atoms with Gasteiger partial charge in [-0.25, -0.2) is 0 Å². The Morgan fingerprint density at radius 1 is 1.23 bits per heavy atom. The molecule has 6 heteroatoms. The Morgan fingerprint density at radius 2 is 2.07 bits per heavy atom. The summed E-state index contributed by atoms with van der Waals surface area (Å²) in [6.45, 7) is 2.85. The molecule has 5 nitrogen and oxygen atoms in total. The van der Waals surface area contributed by atoms with Gasteiger partial charge in [0.25, 0.3) is 5.91 Å². The van der Waals surface area contributed by atoms with Crippen molar-refractivity contribution in [3.8, 4) is 11.1 Å². The first kappa shape index (κ1) is 20.6. The van der Waals surface area contributed by atoms with Crippen LogP contribution in [0.15, 0.2) is 54.9 Å². The van der Waals surface area contributed by atoms with Crippen molar-refractivity contribution in [3.05, 3.63) is 76.6 Å². The van der Waals surface area contributed by atoms with Crippen LogP contribution < -0.4 is 10.6 Å². The third kappa shape index (κ3) is 4.42. The number of carbonyl (C=O) groups excluding carboxylic acids is 1. The van der Waals surface area contributed by atoms with Crippen molar-refractivity contribution in [1.29, 1.82) is 0 Å². The van der Waals surface area contributed by atoms with E-state index in [4.69, 9.17) is 11.6 Å². The van der Waals surface area contributed by atoms with E-state index in [-0.39, 0.29) is 18.0 Å². The van der Waals surface area contributed by atoms with E-state index in [1.807, 2.05) is 50.6 Å². The lowest BCUT2D eigenvalue weighted by Crippen LogP contribution is -2.46. The lowest BCUT2D eigenvalue weighted by atomic mass is 9.90. The van der Waals surface area contributed by atoms with Crippen molar-refractivity contribution in [1.82, 2.24) is 20.4 Å². The van der Waals surface area contributed by atoms with E-state index in [0.29, 0.717) is 10.6 Å². The average Bonchev–Trinajstić information content (AvgIpc) is 3.21. The van der Waals surface area contributed by atoms with E-state index < -0.39 is 0 Å². The molecular formula is C24H27ClN4O. The van der Waals surface area contributed by atoms with Crippen LogP contribution >= 0.6 is 11.6 Å². The van der Waals surface area contributed by atoms with Crippen LogP contribution in [0.2, 0.25) is 5.02 Å². The summed E-state index contributed by atoms with van der Waals surface area (Å²) in [7, 11) is 1.91. The molecule has 1 amide bonds. The number of rotatable bonds is 5. The maximum Gasteiger partial charge on any atom is 0.252 e. The molecule has 4 rings (SSSR count). The topological polar surface area (TPSA) is 59.0 Å². The Balaban J connectivity index is 1.66. The van der Waals surface area contributed by atoms with Crippen molar-refractivity contribution < 1.29 is 4.79 Å². The predicted molar refractivity (Wildman–Crippen MR) is 121 cm³/mol. The smallest absolute Gasteiger partial charge is 0.252 e. The van der Waals surface area contributed by atoms with Gasteiger partial charge < -0.3 is 10.6 Å². The van der Waals surface area contributed by atoms with Crippen molar-refractivity contribution >= 4 is 17.5 Å². The molecule has 0 spiro atoms. The Morgan fingerprint density at radius 3 is 2.80 bits per heavy atom. The van der Waals surface area contributed by atoms with Crippen molar-refractivity contribution in [2.45, 2.75) is 38.3 Å². The maximum absolute atomic E-state index is 13.2. The highest BCUT2D eigenvalue weighted by molar-refractivity contribution is 6.31. The highest BCUT2D eigenvalue weighted by Gasteiger charge is 2.27. The number of piperidine rings is 1. The van der Waals surface area contributed by atoms with E-state index in [2.05, 4.69) is 33.9 Å². The van der Waals surface area contributed by atoms with Crippen LogP contribution in [-0.2, 0) is 7.05 Å². The summed E-state index contributed by atoms with van der Waals surface area (Å²) >= 11 is 6.25. The lowest BCUT2D eigenvalue weighted by molar-refractivity contribution is 0.0922. The van der Waals surface area contributed by atoms with E-state index in [9.17, 15) is 4.79 Å². The van der Waals surface area contributed by atoms with E-state index in [1.54, 1.807) is 4.68 Å². The Bertz CT molecular complexity index is 1040. The zero-order valence-electron chi connectivity index (χ0n) is 17.4. The molecule has 156 valence electrons. The minimum atomic E-state index is -0.132. The number of benzene rings is 2. The molecule has 2 atom stereocenters. The zero-order chi connectivity index (χ0) is 21.1. The standard InChI is InChI=1S/C24H27ClN4O/c1-16-20(9-6-10-21(16)25)24(30)28-23(22-11-3-4-12-26-22)18-8-5-7-17(13-18)19-14-27-29(2)15-19/h5-10,13-15,22-23,26H,3-4,11-12H2,1-2H3,(H,28,30)/t22-,23-/m0/s1. The number of aryl methyl sites for hydroxylation is 1. The Hall–Kier alpha value is -2.63. The predicted octanol–water partition coefficient (Wildman–Crippen LogP) is 4.66. The van der Waals surface area contributed by atoms with Gasteiger partial charge in [-0.15, -0.1) is 0 Å². The number of hydrogen-bond donors (Lipinski definition) is 2. The first-order valence-electron chi connectivity index (χ1n) is 10.4. The fraction of sp³-hybridized carbons (Fsp3) is 0.333. The van der Waals surface area contributed by atoms with Gasteiger partial charge in [-0.1, -0.05) is 42.3 Å². The lowest BCUT2D eigenvalue weighted by Gasteiger charge is -2.32. The molecule has 1 saturated heterocycles. The van der Waals surface area contributed by atoms with Gasteiger partial charge in [0.05, 0.1) is 12.2 Å². The Kier molecular flexibility index (Phi) is 6.21. The molecular weight excluding hydrogens is 396 g/mol. The number of amides is 1. The van der Waals surface area contributed by atoms with Gasteiger partial charge in [0.2, 0.25) is 0 Å². The molecule has 1 aliphatic rings. The van der Waals surface area contributed by atoms with Crippen LogP contribution in [0.1, 0.15) is 46.8 Å². The Labute approximate surface area is 182 Å². The summed E-state index contributed by atoms with van der Waals surface area (Å²) in [6, 6.07) is 13.9. The van der Waals surface area contributed by atoms with Crippen LogP contribution in [-0.4, -0.2) is 28.3 Å². The van der Waals surface area contributed by atoms with Crippen LogP contribution in [0.5, 0.6) is 0 Å². The summed E-state index contributed by atoms with van der Waals surface area (Å²) in [5.41, 5.74) is 4.66. The van der Waals surface area contributed by atoms with Gasteiger partial charge in [0.15, 0.2) is 0 Å². The molecule has 0 radical (unpaired) electrons. The number of aromatic nitrogens is 2. The highest BCUT2D eigenvalue weighted by atomic mass is 35.5. The molecule has 3 aromatic rings. The highest BCUT2D eigenvalue weighted by Crippen LogP contribution is 2.28. The second-order valence-electron chi connectivity index (χ2n) is 7.95. The fourth-order valence-corrected chi connectivity index (χ4v) is 4.31. The monoisotopic (exact) mass is 422 g/mol. The SMILES string of the molecule is Cc1c(Cl)cccc1C(=O)N[C@@H](c1cccc(-c2cnn(C)c2)c1)[C@@H]1CCCCN1. The zero-order valence-corrected chi connectivity index (χ0v) is 18.1. The minimum absolute atomic E-state index is 0.0980. The van der Waals surface area contributed by atoms with Gasteiger partial charge in [-0.3, -0.25) is 9.48 Å². The average molecular weight is 423 g/mol. The second-order valence-corrected chi connectivity index (χ2v) is 8.36. The van der Waals surface area contributed by atoms with E-state index >= 15 is 0 Å². The van der Waals surface area contributed by atoms with Gasteiger partial charge in [0, 0.05) is 35.4 Å². The number of halogens is 1.